The molecule has 8 nitrogen and oxygen atoms in total. The van der Waals surface area contributed by atoms with Crippen LogP contribution in [0.2, 0.25) is 0 Å². The molecule has 0 aliphatic carbocycles. The van der Waals surface area contributed by atoms with Crippen molar-refractivity contribution in [1.29, 1.82) is 0 Å². The number of phenolic OH excluding ortho intramolecular Hbond substituents is 2. The van der Waals surface area contributed by atoms with Gasteiger partial charge in [0.15, 0.2) is 17.3 Å². The van der Waals surface area contributed by atoms with E-state index in [1.54, 1.807) is 18.2 Å². The number of nitrogens with one attached hydrogen (secondary N) is 3. The lowest BCUT2D eigenvalue weighted by Crippen LogP contribution is -2.15. The second-order valence-electron chi connectivity index (χ2n) is 6.70. The van der Waals surface area contributed by atoms with E-state index in [-0.39, 0.29) is 29.4 Å². The summed E-state index contributed by atoms with van der Waals surface area (Å²) in [5, 5.41) is 32.1. The summed E-state index contributed by atoms with van der Waals surface area (Å²) in [5.74, 6) is -0.977. The molecular weight excluding hydrogens is 384 g/mol. The highest BCUT2D eigenvalue weighted by Gasteiger charge is 2.13. The minimum atomic E-state index is -0.456. The van der Waals surface area contributed by atoms with Crippen LogP contribution in [0.4, 0.5) is 11.5 Å². The van der Waals surface area contributed by atoms with Gasteiger partial charge in [-0.1, -0.05) is 30.3 Å². The highest BCUT2D eigenvalue weighted by Crippen LogP contribution is 2.27. The predicted octanol–water partition coefficient (Wildman–Crippen LogP) is 3.41. The Kier molecular flexibility index (Phi) is 5.04. The standard InChI is InChI=1S/C22H18N4O4/c27-18-9-6-14(11-19(18)28)22(30)23-15-7-8-17-16(12-15)21(26-25-17)24-20(29)10-13-4-2-1-3-5-13/h1-9,11-12,27-28H,10H2,(H,23,30)(H2,24,25,26,29). The highest BCUT2D eigenvalue weighted by molar-refractivity contribution is 6.07. The molecule has 150 valence electrons. The quantitative estimate of drug-likeness (QED) is 0.327. The van der Waals surface area contributed by atoms with E-state index in [1.165, 1.54) is 18.2 Å². The topological polar surface area (TPSA) is 127 Å². The van der Waals surface area contributed by atoms with Crippen LogP contribution >= 0.6 is 0 Å². The fraction of sp³-hybridized carbons (Fsp3) is 0.0455. The zero-order chi connectivity index (χ0) is 21.1. The second kappa shape index (κ2) is 7.96. The number of phenols is 2. The van der Waals surface area contributed by atoms with Crippen LogP contribution in [0.3, 0.4) is 0 Å². The first kappa shape index (κ1) is 19.0. The minimum Gasteiger partial charge on any atom is -0.504 e. The molecule has 5 N–H and O–H groups in total. The summed E-state index contributed by atoms with van der Waals surface area (Å²) in [6, 6.07) is 18.3. The number of rotatable bonds is 5. The number of hydrogen-bond acceptors (Lipinski definition) is 5. The molecule has 0 fully saturated rings. The van der Waals surface area contributed by atoms with Gasteiger partial charge in [0.05, 0.1) is 11.9 Å². The van der Waals surface area contributed by atoms with Gasteiger partial charge in [0, 0.05) is 16.6 Å². The molecule has 1 heterocycles. The van der Waals surface area contributed by atoms with Gasteiger partial charge in [0.2, 0.25) is 5.91 Å². The number of carbonyl (C=O) groups is 2. The van der Waals surface area contributed by atoms with Gasteiger partial charge >= 0.3 is 0 Å². The molecule has 4 rings (SSSR count). The van der Waals surface area contributed by atoms with Crippen LogP contribution in [0.1, 0.15) is 15.9 Å². The molecule has 0 spiro atoms. The van der Waals surface area contributed by atoms with Gasteiger partial charge in [0.25, 0.3) is 5.91 Å². The smallest absolute Gasteiger partial charge is 0.255 e. The summed E-state index contributed by atoms with van der Waals surface area (Å²) in [5.41, 5.74) is 2.26. The number of aromatic hydroxyl groups is 2. The zero-order valence-corrected chi connectivity index (χ0v) is 15.7. The van der Waals surface area contributed by atoms with Crippen molar-refractivity contribution in [3.63, 3.8) is 0 Å². The third-order valence-electron chi connectivity index (χ3n) is 4.52. The fourth-order valence-corrected chi connectivity index (χ4v) is 3.01. The van der Waals surface area contributed by atoms with Crippen molar-refractivity contribution in [1.82, 2.24) is 10.2 Å². The van der Waals surface area contributed by atoms with Crippen molar-refractivity contribution in [3.8, 4) is 11.5 Å². The third-order valence-corrected chi connectivity index (χ3v) is 4.52. The van der Waals surface area contributed by atoms with Crippen LogP contribution in [0, 0.1) is 0 Å². The van der Waals surface area contributed by atoms with Gasteiger partial charge in [-0.25, -0.2) is 0 Å². The van der Waals surface area contributed by atoms with Crippen LogP contribution < -0.4 is 10.6 Å². The van der Waals surface area contributed by atoms with E-state index in [1.807, 2.05) is 30.3 Å². The number of H-pyrrole nitrogens is 1. The Hall–Kier alpha value is -4.33. The number of carbonyl (C=O) groups excluding carboxylic acids is 2. The normalized spacial score (nSPS) is 10.7. The number of amides is 2. The van der Waals surface area contributed by atoms with E-state index >= 15 is 0 Å². The molecule has 2 amide bonds. The lowest BCUT2D eigenvalue weighted by Gasteiger charge is -2.07. The van der Waals surface area contributed by atoms with E-state index in [0.717, 1.165) is 5.56 Å². The highest BCUT2D eigenvalue weighted by atomic mass is 16.3. The zero-order valence-electron chi connectivity index (χ0n) is 15.7. The summed E-state index contributed by atoms with van der Waals surface area (Å²) >= 11 is 0. The average molecular weight is 402 g/mol. The molecule has 4 aromatic rings. The first-order chi connectivity index (χ1) is 14.5. The van der Waals surface area contributed by atoms with Gasteiger partial charge in [-0.2, -0.15) is 5.10 Å². The second-order valence-corrected chi connectivity index (χ2v) is 6.70. The molecule has 1 aromatic heterocycles. The van der Waals surface area contributed by atoms with Crippen molar-refractivity contribution < 1.29 is 19.8 Å². The summed E-state index contributed by atoms with van der Waals surface area (Å²) in [6.07, 6.45) is 0.218. The van der Waals surface area contributed by atoms with Crippen LogP contribution in [-0.4, -0.2) is 32.2 Å². The summed E-state index contributed by atoms with van der Waals surface area (Å²) in [4.78, 5) is 24.8. The van der Waals surface area contributed by atoms with Gasteiger partial charge in [-0.3, -0.25) is 14.7 Å². The van der Waals surface area contributed by atoms with Gasteiger partial charge in [-0.15, -0.1) is 0 Å². The maximum absolute atomic E-state index is 12.4. The van der Waals surface area contributed by atoms with Crippen molar-refractivity contribution in [2.75, 3.05) is 10.6 Å². The Labute approximate surface area is 171 Å². The molecule has 0 saturated heterocycles. The van der Waals surface area contributed by atoms with Crippen LogP contribution in [0.25, 0.3) is 10.9 Å². The molecule has 0 saturated carbocycles. The van der Waals surface area contributed by atoms with Crippen molar-refractivity contribution in [2.45, 2.75) is 6.42 Å². The molecule has 0 aliphatic rings. The van der Waals surface area contributed by atoms with Crippen LogP contribution in [-0.2, 0) is 11.2 Å². The van der Waals surface area contributed by atoms with E-state index in [2.05, 4.69) is 20.8 Å². The summed E-state index contributed by atoms with van der Waals surface area (Å²) in [6.45, 7) is 0. The lowest BCUT2D eigenvalue weighted by atomic mass is 10.1. The molecule has 8 heteroatoms. The molecule has 30 heavy (non-hydrogen) atoms. The van der Waals surface area contributed by atoms with Crippen molar-refractivity contribution in [3.05, 3.63) is 77.9 Å². The number of aromatic nitrogens is 2. The maximum atomic E-state index is 12.4. The van der Waals surface area contributed by atoms with Crippen molar-refractivity contribution in [2.24, 2.45) is 0 Å². The van der Waals surface area contributed by atoms with E-state index in [4.69, 9.17) is 0 Å². The number of benzene rings is 3. The minimum absolute atomic E-state index is 0.189. The molecule has 0 bridgehead atoms. The number of hydrogen-bond donors (Lipinski definition) is 5. The van der Waals surface area contributed by atoms with E-state index in [0.29, 0.717) is 22.4 Å². The number of fused-ring (bicyclic) bond motifs is 1. The van der Waals surface area contributed by atoms with Gasteiger partial charge in [0.1, 0.15) is 0 Å². The molecule has 0 unspecified atom stereocenters. The number of anilines is 2. The Morgan fingerprint density at radius 3 is 2.47 bits per heavy atom. The van der Waals surface area contributed by atoms with E-state index < -0.39 is 5.91 Å². The monoisotopic (exact) mass is 402 g/mol. The first-order valence-corrected chi connectivity index (χ1v) is 9.15. The third kappa shape index (κ3) is 4.07. The van der Waals surface area contributed by atoms with E-state index in [9.17, 15) is 19.8 Å². The predicted molar refractivity (Wildman–Crippen MR) is 113 cm³/mol. The molecule has 0 aliphatic heterocycles. The summed E-state index contributed by atoms with van der Waals surface area (Å²) < 4.78 is 0. The first-order valence-electron chi connectivity index (χ1n) is 9.15. The SMILES string of the molecule is O=C(Cc1ccccc1)Nc1n[nH]c2ccc(NC(=O)c3ccc(O)c(O)c3)cc12. The Bertz CT molecular complexity index is 1230. The largest absolute Gasteiger partial charge is 0.504 e. The molecule has 3 aromatic carbocycles. The fourth-order valence-electron chi connectivity index (χ4n) is 3.01. The Balaban J connectivity index is 1.51. The molecule has 0 radical (unpaired) electrons. The Morgan fingerprint density at radius 1 is 0.900 bits per heavy atom. The van der Waals surface area contributed by atoms with Crippen LogP contribution in [0.5, 0.6) is 11.5 Å². The number of nitrogens with zero attached hydrogens (tertiary/aromatic N) is 1. The lowest BCUT2D eigenvalue weighted by molar-refractivity contribution is -0.115. The molecular formula is C22H18N4O4. The Morgan fingerprint density at radius 2 is 1.70 bits per heavy atom. The van der Waals surface area contributed by atoms with Crippen LogP contribution in [0.15, 0.2) is 66.7 Å². The maximum Gasteiger partial charge on any atom is 0.255 e. The average Bonchev–Trinajstić information content (AvgIpc) is 3.12. The summed E-state index contributed by atoms with van der Waals surface area (Å²) in [7, 11) is 0. The van der Waals surface area contributed by atoms with Crippen molar-refractivity contribution >= 4 is 34.2 Å². The van der Waals surface area contributed by atoms with Gasteiger partial charge < -0.3 is 20.8 Å². The molecule has 0 atom stereocenters. The number of aromatic amines is 1. The van der Waals surface area contributed by atoms with Gasteiger partial charge in [-0.05, 0) is 42.0 Å².